The summed E-state index contributed by atoms with van der Waals surface area (Å²) in [6, 6.07) is 10.7. The lowest BCUT2D eigenvalue weighted by Gasteiger charge is -1.90. The normalized spacial score (nSPS) is 13.4. The van der Waals surface area contributed by atoms with Gasteiger partial charge in [0.05, 0.1) is 0 Å². The molecule has 1 aromatic rings. The molecule has 4 rings (SSSR count). The average Bonchev–Trinajstić information content (AvgIpc) is 3.07. The van der Waals surface area contributed by atoms with Gasteiger partial charge in [0.2, 0.25) is 0 Å². The van der Waals surface area contributed by atoms with Crippen molar-refractivity contribution in [3.63, 3.8) is 0 Å². The maximum Gasteiger partial charge on any atom is 0.157 e. The first-order chi connectivity index (χ1) is 6.92. The summed E-state index contributed by atoms with van der Waals surface area (Å²) < 4.78 is 0. The number of nitrogens with zero attached hydrogens (tertiary/aromatic N) is 1. The van der Waals surface area contributed by atoms with Crippen LogP contribution in [0.3, 0.4) is 0 Å². The van der Waals surface area contributed by atoms with Crippen LogP contribution in [0.4, 0.5) is 0 Å². The fraction of sp³-hybridized carbons (Fsp3) is 0.0833. The van der Waals surface area contributed by atoms with E-state index in [-0.39, 0.29) is 0 Å². The maximum absolute atomic E-state index is 4.36. The van der Waals surface area contributed by atoms with Crippen molar-refractivity contribution in [1.82, 2.24) is 9.97 Å². The van der Waals surface area contributed by atoms with Gasteiger partial charge in [-0.15, -0.1) is 0 Å². The van der Waals surface area contributed by atoms with Crippen LogP contribution >= 0.6 is 0 Å². The Hall–Kier alpha value is -1.83. The summed E-state index contributed by atoms with van der Waals surface area (Å²) in [5.74, 6) is 1.07. The van der Waals surface area contributed by atoms with Gasteiger partial charge in [-0.25, -0.2) is 4.98 Å². The zero-order chi connectivity index (χ0) is 9.12. The first kappa shape index (κ1) is 6.60. The van der Waals surface area contributed by atoms with Crippen molar-refractivity contribution in [2.45, 2.75) is 6.42 Å². The highest BCUT2D eigenvalue weighted by atomic mass is 15.0. The number of aromatic amines is 1. The highest BCUT2D eigenvalue weighted by Crippen LogP contribution is 2.35. The summed E-state index contributed by atoms with van der Waals surface area (Å²) >= 11 is 0. The monoisotopic (exact) mass is 180 g/mol. The lowest BCUT2D eigenvalue weighted by Crippen LogP contribution is -1.69. The average molecular weight is 180 g/mol. The van der Waals surface area contributed by atoms with Gasteiger partial charge in [-0.2, -0.15) is 0 Å². The van der Waals surface area contributed by atoms with Crippen LogP contribution in [0.25, 0.3) is 22.3 Å². The van der Waals surface area contributed by atoms with Gasteiger partial charge in [0.25, 0.3) is 0 Å². The third kappa shape index (κ3) is 0.777. The fourth-order valence-corrected chi connectivity index (χ4v) is 1.94. The summed E-state index contributed by atoms with van der Waals surface area (Å²) in [5.41, 5.74) is 3.90. The second-order valence-electron chi connectivity index (χ2n) is 3.85. The molecule has 0 saturated heterocycles. The molecule has 0 atom stereocenters. The van der Waals surface area contributed by atoms with E-state index in [0.717, 1.165) is 17.9 Å². The Kier molecular flexibility index (Phi) is 0.932. The number of rotatable bonds is 0. The molecule has 0 aromatic heterocycles. The molecule has 0 spiro atoms. The largest absolute Gasteiger partial charge is 0.341 e. The summed E-state index contributed by atoms with van der Waals surface area (Å²) in [4.78, 5) is 7.69. The van der Waals surface area contributed by atoms with Crippen LogP contribution in [-0.4, -0.2) is 9.97 Å². The van der Waals surface area contributed by atoms with E-state index in [2.05, 4.69) is 40.3 Å². The molecule has 2 heterocycles. The minimum Gasteiger partial charge on any atom is -0.341 e. The predicted octanol–water partition coefficient (Wildman–Crippen LogP) is 2.57. The van der Waals surface area contributed by atoms with Gasteiger partial charge in [0.15, 0.2) is 5.82 Å². The molecule has 1 aliphatic carbocycles. The number of H-pyrrole nitrogens is 1. The first-order valence-corrected chi connectivity index (χ1v) is 4.81. The highest BCUT2D eigenvalue weighted by Gasteiger charge is 2.23. The molecule has 0 fully saturated rings. The fourth-order valence-electron chi connectivity index (χ4n) is 1.94. The molecule has 0 bridgehead atoms. The van der Waals surface area contributed by atoms with Crippen molar-refractivity contribution in [2.75, 3.05) is 0 Å². The Morgan fingerprint density at radius 3 is 3.14 bits per heavy atom. The lowest BCUT2D eigenvalue weighted by molar-refractivity contribution is 1.33. The van der Waals surface area contributed by atoms with Crippen LogP contribution in [0, 0.1) is 0 Å². The van der Waals surface area contributed by atoms with E-state index in [9.17, 15) is 0 Å². The Balaban J connectivity index is 2.25. The zero-order valence-corrected chi connectivity index (χ0v) is 7.54. The maximum atomic E-state index is 4.36. The third-order valence-corrected chi connectivity index (χ3v) is 2.84. The van der Waals surface area contributed by atoms with E-state index in [1.165, 1.54) is 22.0 Å². The quantitative estimate of drug-likeness (QED) is 0.442. The topological polar surface area (TPSA) is 28.7 Å². The standard InChI is InChI=1S/C12H8N2/c1-2-4-9-7(3-1)5-8-6-10(8)13-12-11(9)14-12/h1-5H,6H2,(H,13,14). The van der Waals surface area contributed by atoms with Gasteiger partial charge in [0.1, 0.15) is 5.69 Å². The van der Waals surface area contributed by atoms with E-state index in [1.54, 1.807) is 0 Å². The summed E-state index contributed by atoms with van der Waals surface area (Å²) in [5, 5.41) is 2.56. The molecule has 66 valence electrons. The van der Waals surface area contributed by atoms with Crippen molar-refractivity contribution >= 4 is 10.8 Å². The molecule has 1 N–H and O–H groups in total. The Bertz CT molecular complexity index is 622. The van der Waals surface area contributed by atoms with Gasteiger partial charge in [-0.3, -0.25) is 0 Å². The highest BCUT2D eigenvalue weighted by molar-refractivity contribution is 5.96. The second kappa shape index (κ2) is 1.98. The van der Waals surface area contributed by atoms with Gasteiger partial charge in [-0.05, 0) is 17.0 Å². The third-order valence-electron chi connectivity index (χ3n) is 2.84. The van der Waals surface area contributed by atoms with Crippen LogP contribution in [0.2, 0.25) is 0 Å². The molecule has 3 aliphatic rings. The Labute approximate surface area is 80.9 Å². The molecule has 2 aliphatic heterocycles. The number of nitrogens with one attached hydrogen (secondary N) is 1. The van der Waals surface area contributed by atoms with Crippen molar-refractivity contribution < 1.29 is 0 Å². The van der Waals surface area contributed by atoms with Crippen LogP contribution in [0.5, 0.6) is 0 Å². The van der Waals surface area contributed by atoms with E-state index < -0.39 is 0 Å². The SMILES string of the molecule is c1ccc2c3nc-3[nH]c3c(cc2c1)C3. The second-order valence-corrected chi connectivity index (χ2v) is 3.85. The number of benzene rings is 1. The summed E-state index contributed by atoms with van der Waals surface area (Å²) in [7, 11) is 0. The molecule has 2 nitrogen and oxygen atoms in total. The smallest absolute Gasteiger partial charge is 0.157 e. The van der Waals surface area contributed by atoms with Crippen LogP contribution in [0.1, 0.15) is 11.3 Å². The number of aromatic nitrogens is 2. The number of hydrogen-bond donors (Lipinski definition) is 1. The van der Waals surface area contributed by atoms with Crippen molar-refractivity contribution in [2.24, 2.45) is 0 Å². The lowest BCUT2D eigenvalue weighted by atomic mass is 10.1. The van der Waals surface area contributed by atoms with Gasteiger partial charge < -0.3 is 4.98 Å². The molecule has 0 amide bonds. The molecule has 14 heavy (non-hydrogen) atoms. The van der Waals surface area contributed by atoms with Crippen molar-refractivity contribution in [1.29, 1.82) is 0 Å². The predicted molar refractivity (Wildman–Crippen MR) is 55.5 cm³/mol. The molecule has 0 saturated carbocycles. The minimum atomic E-state index is 1.07. The van der Waals surface area contributed by atoms with E-state index >= 15 is 0 Å². The summed E-state index contributed by atoms with van der Waals surface area (Å²) in [6.45, 7) is 0. The number of fused-ring (bicyclic) bond motifs is 4. The zero-order valence-electron chi connectivity index (χ0n) is 7.54. The van der Waals surface area contributed by atoms with Crippen molar-refractivity contribution in [3.05, 3.63) is 41.6 Å². The first-order valence-electron chi connectivity index (χ1n) is 4.81. The molecule has 1 aromatic carbocycles. The molecular formula is C12H8N2. The van der Waals surface area contributed by atoms with Crippen LogP contribution in [-0.2, 0) is 6.42 Å². The summed E-state index contributed by atoms with van der Waals surface area (Å²) in [6.07, 6.45) is 1.10. The van der Waals surface area contributed by atoms with Crippen LogP contribution < -0.4 is 0 Å². The minimum absolute atomic E-state index is 1.07. The van der Waals surface area contributed by atoms with E-state index in [0.29, 0.717) is 0 Å². The molecule has 0 unspecified atom stereocenters. The molecule has 0 radical (unpaired) electrons. The van der Waals surface area contributed by atoms with Gasteiger partial charge in [0, 0.05) is 17.5 Å². The van der Waals surface area contributed by atoms with E-state index in [1.807, 2.05) is 0 Å². The Morgan fingerprint density at radius 1 is 1.21 bits per heavy atom. The van der Waals surface area contributed by atoms with Crippen LogP contribution in [0.15, 0.2) is 30.3 Å². The van der Waals surface area contributed by atoms with Gasteiger partial charge >= 0.3 is 0 Å². The number of hydrogen-bond acceptors (Lipinski definition) is 1. The van der Waals surface area contributed by atoms with Crippen molar-refractivity contribution in [3.8, 4) is 11.5 Å². The van der Waals surface area contributed by atoms with E-state index in [4.69, 9.17) is 0 Å². The Morgan fingerprint density at radius 2 is 2.14 bits per heavy atom. The van der Waals surface area contributed by atoms with Gasteiger partial charge in [-0.1, -0.05) is 24.3 Å². The molecule has 2 heteroatoms. The molecular weight excluding hydrogens is 172 g/mol.